The van der Waals surface area contributed by atoms with Gasteiger partial charge in [-0.3, -0.25) is 4.79 Å². The molecule has 0 aliphatic carbocycles. The summed E-state index contributed by atoms with van der Waals surface area (Å²) in [6.07, 6.45) is 0. The number of benzene rings is 1. The van der Waals surface area contributed by atoms with Crippen LogP contribution in [0.15, 0.2) is 46.2 Å². The van der Waals surface area contributed by atoms with Crippen molar-refractivity contribution in [3.8, 4) is 0 Å². The van der Waals surface area contributed by atoms with Gasteiger partial charge >= 0.3 is 0 Å². The summed E-state index contributed by atoms with van der Waals surface area (Å²) in [5.41, 5.74) is 7.05. The van der Waals surface area contributed by atoms with Gasteiger partial charge in [-0.05, 0) is 29.6 Å². The summed E-state index contributed by atoms with van der Waals surface area (Å²) in [4.78, 5) is 16.5. The Bertz CT molecular complexity index is 614. The average molecular weight is 310 g/mol. The van der Waals surface area contributed by atoms with Crippen molar-refractivity contribution >= 4 is 40.4 Å². The van der Waals surface area contributed by atoms with Crippen molar-refractivity contribution in [3.63, 3.8) is 0 Å². The predicted octanol–water partition coefficient (Wildman–Crippen LogP) is 2.68. The van der Waals surface area contributed by atoms with Crippen molar-refractivity contribution in [2.24, 2.45) is 10.9 Å². The van der Waals surface area contributed by atoms with Crippen molar-refractivity contribution < 1.29 is 9.63 Å². The van der Waals surface area contributed by atoms with Crippen LogP contribution in [0.5, 0.6) is 0 Å². The van der Waals surface area contributed by atoms with Crippen LogP contribution < -0.4 is 11.1 Å². The molecule has 2 aromatic rings. The Morgan fingerprint density at radius 1 is 1.45 bits per heavy atom. The summed E-state index contributed by atoms with van der Waals surface area (Å²) >= 11 is 7.31. The molecule has 0 bridgehead atoms. The van der Waals surface area contributed by atoms with E-state index in [1.54, 1.807) is 24.3 Å². The molecule has 2 rings (SSSR count). The first-order valence-electron chi connectivity index (χ1n) is 5.68. The Kier molecular flexibility index (Phi) is 4.97. The second-order valence-corrected chi connectivity index (χ2v) is 5.04. The number of carbonyl (C=O) groups is 1. The van der Waals surface area contributed by atoms with Gasteiger partial charge in [0.2, 0.25) is 0 Å². The Morgan fingerprint density at radius 2 is 2.30 bits per heavy atom. The molecule has 0 fully saturated rings. The van der Waals surface area contributed by atoms with Crippen LogP contribution in [0.3, 0.4) is 0 Å². The smallest absolute Gasteiger partial charge is 0.265 e. The lowest BCUT2D eigenvalue weighted by atomic mass is 10.3. The van der Waals surface area contributed by atoms with Crippen molar-refractivity contribution in [1.82, 2.24) is 0 Å². The second kappa shape index (κ2) is 6.93. The number of oxime groups is 1. The molecule has 3 N–H and O–H groups in total. The van der Waals surface area contributed by atoms with Crippen LogP contribution in [0, 0.1) is 0 Å². The molecule has 0 radical (unpaired) electrons. The van der Waals surface area contributed by atoms with Gasteiger partial charge < -0.3 is 15.9 Å². The first-order valence-corrected chi connectivity index (χ1v) is 7.00. The van der Waals surface area contributed by atoms with Gasteiger partial charge in [-0.25, -0.2) is 0 Å². The van der Waals surface area contributed by atoms with Crippen LogP contribution in [0.4, 0.5) is 5.69 Å². The zero-order valence-electron chi connectivity index (χ0n) is 10.4. The van der Waals surface area contributed by atoms with Gasteiger partial charge in [0.05, 0.1) is 0 Å². The quantitative estimate of drug-likeness (QED) is 0.506. The fourth-order valence-electron chi connectivity index (χ4n) is 1.39. The number of hydrogen-bond acceptors (Lipinski definition) is 4. The predicted molar refractivity (Wildman–Crippen MR) is 81.1 cm³/mol. The van der Waals surface area contributed by atoms with Crippen molar-refractivity contribution in [1.29, 1.82) is 0 Å². The van der Waals surface area contributed by atoms with E-state index in [9.17, 15) is 4.79 Å². The van der Waals surface area contributed by atoms with Crippen molar-refractivity contribution in [2.45, 2.75) is 0 Å². The third kappa shape index (κ3) is 4.25. The van der Waals surface area contributed by atoms with Crippen LogP contribution in [-0.2, 0) is 9.63 Å². The molecule has 1 aromatic carbocycles. The number of halogens is 1. The first-order chi connectivity index (χ1) is 9.65. The molecule has 1 heterocycles. The topological polar surface area (TPSA) is 76.7 Å². The molecule has 7 heteroatoms. The third-order valence-electron chi connectivity index (χ3n) is 2.28. The molecule has 0 aliphatic rings. The van der Waals surface area contributed by atoms with E-state index in [1.165, 1.54) is 11.3 Å². The molecule has 104 valence electrons. The number of amidine groups is 1. The van der Waals surface area contributed by atoms with Gasteiger partial charge in [-0.2, -0.15) is 11.3 Å². The molecule has 0 unspecified atom stereocenters. The Morgan fingerprint density at radius 3 is 3.00 bits per heavy atom. The fraction of sp³-hybridized carbons (Fsp3) is 0.0769. The second-order valence-electron chi connectivity index (χ2n) is 3.82. The number of nitrogens with zero attached hydrogens (tertiary/aromatic N) is 1. The lowest BCUT2D eigenvalue weighted by Crippen LogP contribution is -2.19. The monoisotopic (exact) mass is 309 g/mol. The average Bonchev–Trinajstić information content (AvgIpc) is 2.92. The van der Waals surface area contributed by atoms with Crippen molar-refractivity contribution in [2.75, 3.05) is 11.9 Å². The number of thiophene rings is 1. The Balaban J connectivity index is 1.82. The summed E-state index contributed by atoms with van der Waals surface area (Å²) < 4.78 is 0. The van der Waals surface area contributed by atoms with E-state index in [4.69, 9.17) is 22.2 Å². The lowest BCUT2D eigenvalue weighted by Gasteiger charge is -2.04. The lowest BCUT2D eigenvalue weighted by molar-refractivity contribution is -0.120. The van der Waals surface area contributed by atoms with Crippen LogP contribution in [0.2, 0.25) is 5.02 Å². The summed E-state index contributed by atoms with van der Waals surface area (Å²) in [6, 6.07) is 8.65. The zero-order valence-corrected chi connectivity index (χ0v) is 11.9. The van der Waals surface area contributed by atoms with E-state index < -0.39 is 0 Å². The molecule has 0 saturated carbocycles. The minimum Gasteiger partial charge on any atom is -0.384 e. The largest absolute Gasteiger partial charge is 0.384 e. The van der Waals surface area contributed by atoms with Gasteiger partial charge in [-0.15, -0.1) is 0 Å². The number of anilines is 1. The summed E-state index contributed by atoms with van der Waals surface area (Å²) in [7, 11) is 0. The van der Waals surface area contributed by atoms with E-state index >= 15 is 0 Å². The SMILES string of the molecule is N/C(=N/OCC(=O)Nc1cccc(Cl)c1)c1ccsc1. The Labute approximate surface area is 125 Å². The third-order valence-corrected chi connectivity index (χ3v) is 3.20. The molecule has 0 aliphatic heterocycles. The van der Waals surface area contributed by atoms with Gasteiger partial charge in [0.15, 0.2) is 12.4 Å². The zero-order chi connectivity index (χ0) is 14.4. The molecule has 0 atom stereocenters. The van der Waals surface area contributed by atoms with Gasteiger partial charge in [0.25, 0.3) is 5.91 Å². The van der Waals surface area contributed by atoms with E-state index in [2.05, 4.69) is 10.5 Å². The highest BCUT2D eigenvalue weighted by Gasteiger charge is 2.04. The minimum absolute atomic E-state index is 0.225. The maximum absolute atomic E-state index is 11.6. The highest BCUT2D eigenvalue weighted by atomic mass is 35.5. The maximum atomic E-state index is 11.6. The number of nitrogens with one attached hydrogen (secondary N) is 1. The van der Waals surface area contributed by atoms with Crippen molar-refractivity contribution in [3.05, 3.63) is 51.7 Å². The maximum Gasteiger partial charge on any atom is 0.265 e. The molecule has 5 nitrogen and oxygen atoms in total. The van der Waals surface area contributed by atoms with Gasteiger partial charge in [0, 0.05) is 21.7 Å². The number of amides is 1. The molecule has 0 spiro atoms. The molecule has 1 amide bonds. The highest BCUT2D eigenvalue weighted by molar-refractivity contribution is 7.08. The van der Waals surface area contributed by atoms with E-state index in [0.29, 0.717) is 10.7 Å². The van der Waals surface area contributed by atoms with Gasteiger partial charge in [-0.1, -0.05) is 22.8 Å². The molecule has 20 heavy (non-hydrogen) atoms. The van der Waals surface area contributed by atoms with Crippen LogP contribution in [0.1, 0.15) is 5.56 Å². The van der Waals surface area contributed by atoms with Crippen LogP contribution in [-0.4, -0.2) is 18.3 Å². The summed E-state index contributed by atoms with van der Waals surface area (Å²) in [6.45, 7) is -0.225. The number of nitrogens with two attached hydrogens (primary N) is 1. The van der Waals surface area contributed by atoms with E-state index in [1.807, 2.05) is 16.8 Å². The number of hydrogen-bond donors (Lipinski definition) is 2. The van der Waals surface area contributed by atoms with Crippen LogP contribution >= 0.6 is 22.9 Å². The Hall–Kier alpha value is -2.05. The summed E-state index contributed by atoms with van der Waals surface area (Å²) in [5, 5.41) is 10.6. The fourth-order valence-corrected chi connectivity index (χ4v) is 2.23. The molecule has 1 aromatic heterocycles. The molecule has 0 saturated heterocycles. The van der Waals surface area contributed by atoms with Crippen LogP contribution in [0.25, 0.3) is 0 Å². The van der Waals surface area contributed by atoms with E-state index in [-0.39, 0.29) is 18.3 Å². The molecular weight excluding hydrogens is 298 g/mol. The minimum atomic E-state index is -0.339. The highest BCUT2D eigenvalue weighted by Crippen LogP contribution is 2.14. The molecular formula is C13H12ClN3O2S. The summed E-state index contributed by atoms with van der Waals surface area (Å²) in [5.74, 6) is -0.101. The number of carbonyl (C=O) groups excluding carboxylic acids is 1. The van der Waals surface area contributed by atoms with E-state index in [0.717, 1.165) is 5.56 Å². The normalized spacial score (nSPS) is 11.2. The van der Waals surface area contributed by atoms with Gasteiger partial charge in [0.1, 0.15) is 0 Å². The number of rotatable bonds is 5. The first kappa shape index (κ1) is 14.4. The standard InChI is InChI=1S/C13H12ClN3O2S/c14-10-2-1-3-11(6-10)16-12(18)7-19-17-13(15)9-4-5-20-8-9/h1-6,8H,7H2,(H2,15,17)(H,16,18).